The van der Waals surface area contributed by atoms with Crippen molar-refractivity contribution in [2.24, 2.45) is 0 Å². The predicted molar refractivity (Wildman–Crippen MR) is 48.3 cm³/mol. The fraction of sp³-hybridized carbons (Fsp3) is 0.250. The van der Waals surface area contributed by atoms with Gasteiger partial charge < -0.3 is 4.90 Å². The van der Waals surface area contributed by atoms with Crippen molar-refractivity contribution >= 4 is 23.2 Å². The van der Waals surface area contributed by atoms with Crippen LogP contribution in [-0.4, -0.2) is 17.9 Å². The number of amides is 1. The number of carbonyl (C=O) groups is 1. The Balaban J connectivity index is 3.02. The largest absolute Gasteiger partial charge is 0.313 e. The molecule has 0 aromatic carbocycles. The number of hydrogen-bond acceptors (Lipinski definition) is 2. The Labute approximate surface area is 76.0 Å². The standard InChI is InChI=1S/C8H9ClN2O/c1-6(12)11(2)7-4-3-5-10-8(7)9/h3-5H,1-2H3. The van der Waals surface area contributed by atoms with Gasteiger partial charge in [-0.05, 0) is 12.1 Å². The smallest absolute Gasteiger partial charge is 0.223 e. The van der Waals surface area contributed by atoms with Gasteiger partial charge in [-0.2, -0.15) is 0 Å². The van der Waals surface area contributed by atoms with Gasteiger partial charge in [0.2, 0.25) is 5.91 Å². The molecule has 0 aliphatic heterocycles. The number of nitrogens with zero attached hydrogens (tertiary/aromatic N) is 2. The van der Waals surface area contributed by atoms with Crippen LogP contribution in [0.3, 0.4) is 0 Å². The molecule has 1 aromatic heterocycles. The maximum absolute atomic E-state index is 10.9. The van der Waals surface area contributed by atoms with E-state index in [0.717, 1.165) is 0 Å². The highest BCUT2D eigenvalue weighted by Crippen LogP contribution is 2.21. The van der Waals surface area contributed by atoms with Gasteiger partial charge in [0.25, 0.3) is 0 Å². The molecule has 0 radical (unpaired) electrons. The van der Waals surface area contributed by atoms with Crippen molar-refractivity contribution in [3.63, 3.8) is 0 Å². The molecule has 0 bridgehead atoms. The lowest BCUT2D eigenvalue weighted by Crippen LogP contribution is -2.23. The van der Waals surface area contributed by atoms with Crippen molar-refractivity contribution in [1.29, 1.82) is 0 Å². The van der Waals surface area contributed by atoms with Gasteiger partial charge in [0.1, 0.15) is 0 Å². The van der Waals surface area contributed by atoms with Gasteiger partial charge in [-0.3, -0.25) is 4.79 Å². The summed E-state index contributed by atoms with van der Waals surface area (Å²) in [6.07, 6.45) is 1.58. The van der Waals surface area contributed by atoms with Crippen LogP contribution in [0.4, 0.5) is 5.69 Å². The van der Waals surface area contributed by atoms with Crippen molar-refractivity contribution < 1.29 is 4.79 Å². The average molecular weight is 185 g/mol. The number of carbonyl (C=O) groups excluding carboxylic acids is 1. The Kier molecular flexibility index (Phi) is 2.65. The van der Waals surface area contributed by atoms with Gasteiger partial charge in [0.15, 0.2) is 5.15 Å². The number of rotatable bonds is 1. The van der Waals surface area contributed by atoms with Crippen molar-refractivity contribution in [1.82, 2.24) is 4.98 Å². The lowest BCUT2D eigenvalue weighted by molar-refractivity contribution is -0.116. The molecule has 0 saturated heterocycles. The summed E-state index contributed by atoms with van der Waals surface area (Å²) in [7, 11) is 1.66. The first-order valence-electron chi connectivity index (χ1n) is 3.47. The molecule has 1 amide bonds. The minimum atomic E-state index is -0.0649. The highest BCUT2D eigenvalue weighted by atomic mass is 35.5. The Bertz CT molecular complexity index is 301. The Morgan fingerprint density at radius 1 is 1.67 bits per heavy atom. The molecule has 1 heterocycles. The zero-order chi connectivity index (χ0) is 9.14. The molecule has 3 nitrogen and oxygen atoms in total. The third-order valence-electron chi connectivity index (χ3n) is 1.57. The van der Waals surface area contributed by atoms with Gasteiger partial charge >= 0.3 is 0 Å². The molecule has 0 aliphatic carbocycles. The van der Waals surface area contributed by atoms with Crippen molar-refractivity contribution in [3.8, 4) is 0 Å². The Hall–Kier alpha value is -1.09. The van der Waals surface area contributed by atoms with Crippen LogP contribution in [0.15, 0.2) is 18.3 Å². The molecule has 12 heavy (non-hydrogen) atoms. The van der Waals surface area contributed by atoms with Crippen LogP contribution < -0.4 is 4.90 Å². The number of anilines is 1. The van der Waals surface area contributed by atoms with Gasteiger partial charge in [-0.25, -0.2) is 4.98 Å². The fourth-order valence-electron chi connectivity index (χ4n) is 0.797. The molecule has 0 spiro atoms. The molecular formula is C8H9ClN2O. The molecule has 0 saturated carbocycles. The van der Waals surface area contributed by atoms with Crippen LogP contribution >= 0.6 is 11.6 Å². The van der Waals surface area contributed by atoms with Crippen molar-refractivity contribution in [2.75, 3.05) is 11.9 Å². The summed E-state index contributed by atoms with van der Waals surface area (Å²) in [5.74, 6) is -0.0649. The zero-order valence-corrected chi connectivity index (χ0v) is 7.67. The van der Waals surface area contributed by atoms with E-state index in [1.807, 2.05) is 0 Å². The lowest BCUT2D eigenvalue weighted by atomic mass is 10.4. The summed E-state index contributed by atoms with van der Waals surface area (Å²) < 4.78 is 0. The summed E-state index contributed by atoms with van der Waals surface area (Å²) in [5, 5.41) is 0.343. The van der Waals surface area contributed by atoms with E-state index < -0.39 is 0 Å². The molecule has 0 N–H and O–H groups in total. The normalized spacial score (nSPS) is 9.58. The topological polar surface area (TPSA) is 33.2 Å². The second kappa shape index (κ2) is 3.54. The number of halogens is 1. The fourth-order valence-corrected chi connectivity index (χ4v) is 1.04. The van der Waals surface area contributed by atoms with E-state index in [-0.39, 0.29) is 5.91 Å². The van der Waals surface area contributed by atoms with E-state index in [1.54, 1.807) is 25.4 Å². The molecule has 1 aromatic rings. The zero-order valence-electron chi connectivity index (χ0n) is 6.91. The SMILES string of the molecule is CC(=O)N(C)c1cccnc1Cl. The monoisotopic (exact) mass is 184 g/mol. The first-order chi connectivity index (χ1) is 5.63. The summed E-state index contributed by atoms with van der Waals surface area (Å²) >= 11 is 5.76. The maximum atomic E-state index is 10.9. The van der Waals surface area contributed by atoms with Crippen molar-refractivity contribution in [3.05, 3.63) is 23.5 Å². The molecule has 0 aliphatic rings. The lowest BCUT2D eigenvalue weighted by Gasteiger charge is -2.14. The first-order valence-corrected chi connectivity index (χ1v) is 3.85. The van der Waals surface area contributed by atoms with Crippen LogP contribution in [0.2, 0.25) is 5.15 Å². The van der Waals surface area contributed by atoms with E-state index in [2.05, 4.69) is 4.98 Å². The molecule has 0 atom stereocenters. The molecular weight excluding hydrogens is 176 g/mol. The molecule has 1 rings (SSSR count). The molecule has 64 valence electrons. The molecule has 0 unspecified atom stereocenters. The highest BCUT2D eigenvalue weighted by Gasteiger charge is 2.08. The van der Waals surface area contributed by atoms with E-state index in [9.17, 15) is 4.79 Å². The number of hydrogen-bond donors (Lipinski definition) is 0. The minimum Gasteiger partial charge on any atom is -0.313 e. The van der Waals surface area contributed by atoms with Gasteiger partial charge in [-0.15, -0.1) is 0 Å². The van der Waals surface area contributed by atoms with E-state index in [1.165, 1.54) is 11.8 Å². The summed E-state index contributed by atoms with van der Waals surface area (Å²) in [5.41, 5.74) is 0.631. The van der Waals surface area contributed by atoms with E-state index in [4.69, 9.17) is 11.6 Å². The number of pyridine rings is 1. The minimum absolute atomic E-state index is 0.0649. The van der Waals surface area contributed by atoms with Crippen LogP contribution in [0.5, 0.6) is 0 Å². The Morgan fingerprint density at radius 3 is 2.83 bits per heavy atom. The third-order valence-corrected chi connectivity index (χ3v) is 1.86. The summed E-state index contributed by atoms with van der Waals surface area (Å²) in [6.45, 7) is 1.48. The quantitative estimate of drug-likeness (QED) is 0.623. The van der Waals surface area contributed by atoms with Crippen LogP contribution in [0.25, 0.3) is 0 Å². The molecule has 0 fully saturated rings. The Morgan fingerprint density at radius 2 is 2.33 bits per heavy atom. The average Bonchev–Trinajstić information content (AvgIpc) is 2.04. The summed E-state index contributed by atoms with van der Waals surface area (Å²) in [4.78, 5) is 16.2. The van der Waals surface area contributed by atoms with Gasteiger partial charge in [0, 0.05) is 20.2 Å². The molecule has 4 heteroatoms. The summed E-state index contributed by atoms with van der Waals surface area (Å²) in [6, 6.07) is 3.48. The maximum Gasteiger partial charge on any atom is 0.223 e. The predicted octanol–water partition coefficient (Wildman–Crippen LogP) is 1.72. The van der Waals surface area contributed by atoms with Crippen LogP contribution in [0.1, 0.15) is 6.92 Å². The second-order valence-corrected chi connectivity index (χ2v) is 2.75. The van der Waals surface area contributed by atoms with Crippen molar-refractivity contribution in [2.45, 2.75) is 6.92 Å². The van der Waals surface area contributed by atoms with Gasteiger partial charge in [0.05, 0.1) is 5.69 Å². The third kappa shape index (κ3) is 1.74. The first kappa shape index (κ1) is 9.00. The highest BCUT2D eigenvalue weighted by molar-refractivity contribution is 6.32. The van der Waals surface area contributed by atoms with E-state index in [0.29, 0.717) is 10.8 Å². The number of aromatic nitrogens is 1. The van der Waals surface area contributed by atoms with Crippen LogP contribution in [0, 0.1) is 0 Å². The van der Waals surface area contributed by atoms with Gasteiger partial charge in [-0.1, -0.05) is 11.6 Å². The van der Waals surface area contributed by atoms with Crippen LogP contribution in [-0.2, 0) is 4.79 Å². The second-order valence-electron chi connectivity index (χ2n) is 2.39. The van der Waals surface area contributed by atoms with E-state index >= 15 is 0 Å².